The summed E-state index contributed by atoms with van der Waals surface area (Å²) in [6.07, 6.45) is 14.1. The smallest absolute Gasteiger partial charge is 0.107 e. The molecule has 1 saturated heterocycles. The number of unbranched alkanes of at least 4 members (excludes halogenated alkanes) is 8. The van der Waals surface area contributed by atoms with Crippen molar-refractivity contribution in [2.45, 2.75) is 83.3 Å². The Morgan fingerprint density at radius 1 is 0.812 bits per heavy atom. The number of epoxide rings is 1. The third kappa shape index (κ3) is 6.49. The molecule has 0 bridgehead atoms. The maximum atomic E-state index is 8.79. The number of hydrogen-bond donors (Lipinski definition) is 1. The SMILES string of the molecule is CCCCCCCCCCCC1OC1CO. The van der Waals surface area contributed by atoms with E-state index in [0.29, 0.717) is 6.10 Å². The summed E-state index contributed by atoms with van der Waals surface area (Å²) in [4.78, 5) is 0. The molecule has 0 aromatic carbocycles. The molecule has 0 saturated carbocycles. The highest BCUT2D eigenvalue weighted by atomic mass is 16.6. The van der Waals surface area contributed by atoms with Gasteiger partial charge in [-0.2, -0.15) is 0 Å². The predicted molar refractivity (Wildman–Crippen MR) is 67.6 cm³/mol. The monoisotopic (exact) mass is 228 g/mol. The van der Waals surface area contributed by atoms with Crippen LogP contribution in [0.1, 0.15) is 71.1 Å². The van der Waals surface area contributed by atoms with Crippen molar-refractivity contribution < 1.29 is 9.84 Å². The van der Waals surface area contributed by atoms with Gasteiger partial charge in [0.1, 0.15) is 6.10 Å². The van der Waals surface area contributed by atoms with Crippen molar-refractivity contribution in [1.82, 2.24) is 0 Å². The normalized spacial score (nSPS) is 23.6. The molecule has 1 heterocycles. The molecule has 96 valence electrons. The van der Waals surface area contributed by atoms with Gasteiger partial charge in [-0.1, -0.05) is 64.7 Å². The number of hydrogen-bond acceptors (Lipinski definition) is 2. The van der Waals surface area contributed by atoms with E-state index in [2.05, 4.69) is 6.92 Å². The highest BCUT2D eigenvalue weighted by Crippen LogP contribution is 2.26. The molecule has 2 unspecified atom stereocenters. The Kier molecular flexibility index (Phi) is 7.87. The molecule has 0 aromatic rings. The van der Waals surface area contributed by atoms with Gasteiger partial charge in [0, 0.05) is 0 Å². The van der Waals surface area contributed by atoms with Gasteiger partial charge in [-0.15, -0.1) is 0 Å². The van der Waals surface area contributed by atoms with Gasteiger partial charge < -0.3 is 9.84 Å². The van der Waals surface area contributed by atoms with E-state index in [1.54, 1.807) is 0 Å². The van der Waals surface area contributed by atoms with Crippen molar-refractivity contribution in [3.63, 3.8) is 0 Å². The van der Waals surface area contributed by atoms with Crippen LogP contribution in [0, 0.1) is 0 Å². The molecule has 2 heteroatoms. The summed E-state index contributed by atoms with van der Waals surface area (Å²) in [5.41, 5.74) is 0. The molecule has 1 N–H and O–H groups in total. The highest BCUT2D eigenvalue weighted by Gasteiger charge is 2.36. The second kappa shape index (κ2) is 9.00. The average Bonchev–Trinajstić information content (AvgIpc) is 3.05. The Labute approximate surface area is 100 Å². The maximum Gasteiger partial charge on any atom is 0.107 e. The molecule has 2 nitrogen and oxygen atoms in total. The van der Waals surface area contributed by atoms with E-state index in [1.165, 1.54) is 57.8 Å². The van der Waals surface area contributed by atoms with Crippen molar-refractivity contribution in [3.05, 3.63) is 0 Å². The molecule has 16 heavy (non-hydrogen) atoms. The summed E-state index contributed by atoms with van der Waals surface area (Å²) in [6, 6.07) is 0. The van der Waals surface area contributed by atoms with Gasteiger partial charge in [-0.05, 0) is 6.42 Å². The minimum atomic E-state index is 0.175. The Morgan fingerprint density at radius 3 is 1.88 bits per heavy atom. The molecular formula is C14H28O2. The Bertz CT molecular complexity index is 159. The van der Waals surface area contributed by atoms with Crippen LogP contribution in [0.3, 0.4) is 0 Å². The summed E-state index contributed by atoms with van der Waals surface area (Å²) in [7, 11) is 0. The number of ether oxygens (including phenoxy) is 1. The lowest BCUT2D eigenvalue weighted by atomic mass is 10.1. The number of rotatable bonds is 11. The molecule has 0 amide bonds. The van der Waals surface area contributed by atoms with Crippen molar-refractivity contribution in [3.8, 4) is 0 Å². The summed E-state index contributed by atoms with van der Waals surface area (Å²) >= 11 is 0. The molecular weight excluding hydrogens is 200 g/mol. The van der Waals surface area contributed by atoms with Gasteiger partial charge in [0.2, 0.25) is 0 Å². The maximum absolute atomic E-state index is 8.79. The Hall–Kier alpha value is -0.0800. The quantitative estimate of drug-likeness (QED) is 0.432. The van der Waals surface area contributed by atoms with E-state index >= 15 is 0 Å². The zero-order chi connectivity index (χ0) is 11.6. The van der Waals surface area contributed by atoms with Gasteiger partial charge >= 0.3 is 0 Å². The number of aliphatic hydroxyl groups is 1. The predicted octanol–water partition coefficient (Wildman–Crippen LogP) is 3.67. The molecule has 1 fully saturated rings. The first-order chi connectivity index (χ1) is 7.88. The van der Waals surface area contributed by atoms with Crippen molar-refractivity contribution in [2.24, 2.45) is 0 Å². The number of aliphatic hydroxyl groups excluding tert-OH is 1. The van der Waals surface area contributed by atoms with E-state index in [-0.39, 0.29) is 12.7 Å². The summed E-state index contributed by atoms with van der Waals surface area (Å²) in [6.45, 7) is 2.47. The zero-order valence-electron chi connectivity index (χ0n) is 10.8. The van der Waals surface area contributed by atoms with Gasteiger partial charge in [0.25, 0.3) is 0 Å². The second-order valence-electron chi connectivity index (χ2n) is 5.01. The lowest BCUT2D eigenvalue weighted by Crippen LogP contribution is -1.98. The first-order valence-electron chi connectivity index (χ1n) is 7.14. The van der Waals surface area contributed by atoms with E-state index in [1.807, 2.05) is 0 Å². The summed E-state index contributed by atoms with van der Waals surface area (Å²) in [5.74, 6) is 0. The van der Waals surface area contributed by atoms with Crippen LogP contribution in [-0.4, -0.2) is 23.9 Å². The van der Waals surface area contributed by atoms with Gasteiger partial charge in [-0.25, -0.2) is 0 Å². The first-order valence-corrected chi connectivity index (χ1v) is 7.14. The fourth-order valence-corrected chi connectivity index (χ4v) is 2.25. The largest absolute Gasteiger partial charge is 0.394 e. The molecule has 0 aliphatic carbocycles. The van der Waals surface area contributed by atoms with Crippen LogP contribution in [0.25, 0.3) is 0 Å². The molecule has 1 rings (SSSR count). The zero-order valence-corrected chi connectivity index (χ0v) is 10.8. The fourth-order valence-electron chi connectivity index (χ4n) is 2.25. The third-order valence-electron chi connectivity index (χ3n) is 3.46. The van der Waals surface area contributed by atoms with Crippen molar-refractivity contribution >= 4 is 0 Å². The molecule has 2 atom stereocenters. The molecule has 0 aromatic heterocycles. The molecule has 1 aliphatic rings. The van der Waals surface area contributed by atoms with E-state index in [4.69, 9.17) is 9.84 Å². The van der Waals surface area contributed by atoms with Crippen LogP contribution in [-0.2, 0) is 4.74 Å². The fraction of sp³-hybridized carbons (Fsp3) is 1.00. The van der Waals surface area contributed by atoms with Gasteiger partial charge in [0.15, 0.2) is 0 Å². The third-order valence-corrected chi connectivity index (χ3v) is 3.46. The average molecular weight is 228 g/mol. The molecule has 0 spiro atoms. The topological polar surface area (TPSA) is 32.8 Å². The highest BCUT2D eigenvalue weighted by molar-refractivity contribution is 4.83. The minimum Gasteiger partial charge on any atom is -0.394 e. The van der Waals surface area contributed by atoms with Crippen LogP contribution in [0.2, 0.25) is 0 Å². The molecule has 0 radical (unpaired) electrons. The summed E-state index contributed by atoms with van der Waals surface area (Å²) in [5, 5.41) is 8.79. The van der Waals surface area contributed by atoms with Gasteiger partial charge in [0.05, 0.1) is 12.7 Å². The first kappa shape index (κ1) is 14.0. The van der Waals surface area contributed by atoms with E-state index in [9.17, 15) is 0 Å². The summed E-state index contributed by atoms with van der Waals surface area (Å²) < 4.78 is 5.29. The lowest BCUT2D eigenvalue weighted by molar-refractivity contribution is 0.241. The van der Waals surface area contributed by atoms with Crippen LogP contribution >= 0.6 is 0 Å². The Balaban J connectivity index is 1.69. The Morgan fingerprint density at radius 2 is 1.38 bits per heavy atom. The lowest BCUT2D eigenvalue weighted by Gasteiger charge is -2.00. The second-order valence-corrected chi connectivity index (χ2v) is 5.01. The van der Waals surface area contributed by atoms with E-state index < -0.39 is 0 Å². The molecule has 1 aliphatic heterocycles. The van der Waals surface area contributed by atoms with E-state index in [0.717, 1.165) is 6.42 Å². The van der Waals surface area contributed by atoms with Crippen LogP contribution in [0.15, 0.2) is 0 Å². The van der Waals surface area contributed by atoms with Crippen molar-refractivity contribution in [2.75, 3.05) is 6.61 Å². The standard InChI is InChI=1S/C14H28O2/c1-2-3-4-5-6-7-8-9-10-11-13-14(12-15)16-13/h13-15H,2-12H2,1H3. The van der Waals surface area contributed by atoms with Crippen LogP contribution in [0.5, 0.6) is 0 Å². The van der Waals surface area contributed by atoms with Gasteiger partial charge in [-0.3, -0.25) is 0 Å². The van der Waals surface area contributed by atoms with Crippen LogP contribution < -0.4 is 0 Å². The van der Waals surface area contributed by atoms with Crippen molar-refractivity contribution in [1.29, 1.82) is 0 Å². The van der Waals surface area contributed by atoms with Crippen LogP contribution in [0.4, 0.5) is 0 Å². The minimum absolute atomic E-state index is 0.175.